The molecule has 0 aliphatic rings. The van der Waals surface area contributed by atoms with Gasteiger partial charge in [-0.25, -0.2) is 0 Å². The number of benzene rings is 1. The first-order chi connectivity index (χ1) is 9.72. The van der Waals surface area contributed by atoms with E-state index in [0.29, 0.717) is 5.92 Å². The molecule has 0 aliphatic carbocycles. The van der Waals surface area contributed by atoms with Gasteiger partial charge in [-0.3, -0.25) is 0 Å². The lowest BCUT2D eigenvalue weighted by Gasteiger charge is -2.09. The molecule has 0 radical (unpaired) electrons. The van der Waals surface area contributed by atoms with E-state index in [0.717, 1.165) is 32.5 Å². The van der Waals surface area contributed by atoms with E-state index in [1.165, 1.54) is 16.5 Å². The van der Waals surface area contributed by atoms with Crippen molar-refractivity contribution in [2.45, 2.75) is 39.8 Å². The number of rotatable bonds is 8. The minimum absolute atomic E-state index is 0.692. The summed E-state index contributed by atoms with van der Waals surface area (Å²) >= 11 is 0. The summed E-state index contributed by atoms with van der Waals surface area (Å²) < 4.78 is 2.35. The summed E-state index contributed by atoms with van der Waals surface area (Å²) in [7, 11) is 0. The number of aromatic nitrogens is 1. The van der Waals surface area contributed by atoms with E-state index in [4.69, 9.17) is 0 Å². The highest BCUT2D eigenvalue weighted by Gasteiger charge is 2.05. The molecule has 1 aromatic heterocycles. The Labute approximate surface area is 122 Å². The first kappa shape index (κ1) is 14.9. The van der Waals surface area contributed by atoms with Crippen LogP contribution in [0.15, 0.2) is 43.1 Å². The number of aryl methyl sites for hydroxylation is 1. The van der Waals surface area contributed by atoms with Crippen molar-refractivity contribution in [1.29, 1.82) is 0 Å². The fourth-order valence-corrected chi connectivity index (χ4v) is 2.54. The Kier molecular flexibility index (Phi) is 5.42. The number of hydrogen-bond donors (Lipinski definition) is 1. The third-order valence-corrected chi connectivity index (χ3v) is 3.58. The highest BCUT2D eigenvalue weighted by atomic mass is 14.9. The van der Waals surface area contributed by atoms with Crippen LogP contribution in [0.5, 0.6) is 0 Å². The van der Waals surface area contributed by atoms with Crippen molar-refractivity contribution >= 4 is 10.9 Å². The molecule has 0 fully saturated rings. The summed E-state index contributed by atoms with van der Waals surface area (Å²) in [5.41, 5.74) is 2.74. The monoisotopic (exact) mass is 270 g/mol. The maximum Gasteiger partial charge on any atom is 0.0483 e. The number of nitrogens with one attached hydrogen (secondary N) is 1. The molecule has 2 heteroatoms. The molecule has 0 aliphatic heterocycles. The Balaban J connectivity index is 2.10. The van der Waals surface area contributed by atoms with Crippen molar-refractivity contribution in [3.63, 3.8) is 0 Å². The highest BCUT2D eigenvalue weighted by molar-refractivity contribution is 5.83. The molecule has 0 unspecified atom stereocenters. The van der Waals surface area contributed by atoms with Crippen molar-refractivity contribution in [1.82, 2.24) is 9.88 Å². The number of allylic oxidation sites excluding steroid dienone is 1. The minimum atomic E-state index is 0.692. The largest absolute Gasteiger partial charge is 0.347 e. The van der Waals surface area contributed by atoms with E-state index >= 15 is 0 Å². The predicted octanol–water partition coefficient (Wildman–Crippen LogP) is 4.35. The van der Waals surface area contributed by atoms with E-state index in [2.05, 4.69) is 60.8 Å². The number of hydrogen-bond acceptors (Lipinski definition) is 1. The number of fused-ring (bicyclic) bond motifs is 1. The molecular weight excluding hydrogens is 244 g/mol. The van der Waals surface area contributed by atoms with Crippen molar-refractivity contribution in [2.24, 2.45) is 5.92 Å². The summed E-state index contributed by atoms with van der Waals surface area (Å²) in [5, 5.41) is 4.91. The Morgan fingerprint density at radius 1 is 1.30 bits per heavy atom. The third-order valence-electron chi connectivity index (χ3n) is 3.58. The van der Waals surface area contributed by atoms with Crippen LogP contribution in [0.3, 0.4) is 0 Å². The van der Waals surface area contributed by atoms with Crippen LogP contribution in [0.1, 0.15) is 32.3 Å². The van der Waals surface area contributed by atoms with E-state index in [1.54, 1.807) is 0 Å². The lowest BCUT2D eigenvalue weighted by molar-refractivity contribution is 0.553. The molecule has 1 heterocycles. The van der Waals surface area contributed by atoms with Crippen LogP contribution in [-0.2, 0) is 13.1 Å². The van der Waals surface area contributed by atoms with Gasteiger partial charge in [0.25, 0.3) is 0 Å². The smallest absolute Gasteiger partial charge is 0.0483 e. The summed E-state index contributed by atoms with van der Waals surface area (Å²) in [4.78, 5) is 0. The molecule has 0 spiro atoms. The molecule has 0 bridgehead atoms. The molecule has 20 heavy (non-hydrogen) atoms. The Morgan fingerprint density at radius 3 is 2.90 bits per heavy atom. The van der Waals surface area contributed by atoms with Gasteiger partial charge < -0.3 is 9.88 Å². The maximum atomic E-state index is 3.79. The lowest BCUT2D eigenvalue weighted by atomic mass is 10.1. The van der Waals surface area contributed by atoms with Crippen LogP contribution in [0.4, 0.5) is 0 Å². The zero-order chi connectivity index (χ0) is 14.4. The zero-order valence-corrected chi connectivity index (χ0v) is 12.7. The molecule has 2 rings (SSSR count). The number of unbranched alkanes of at least 4 members (excludes halogenated alkanes) is 1. The molecule has 2 nitrogen and oxygen atoms in total. The van der Waals surface area contributed by atoms with Crippen molar-refractivity contribution in [3.05, 3.63) is 48.7 Å². The van der Waals surface area contributed by atoms with Crippen molar-refractivity contribution in [3.8, 4) is 0 Å². The molecule has 108 valence electrons. The summed E-state index contributed by atoms with van der Waals surface area (Å²) in [6.45, 7) is 11.4. The minimum Gasteiger partial charge on any atom is -0.347 e. The van der Waals surface area contributed by atoms with Gasteiger partial charge in [0, 0.05) is 30.2 Å². The second-order valence-corrected chi connectivity index (χ2v) is 5.81. The molecule has 0 saturated carbocycles. The van der Waals surface area contributed by atoms with Crippen LogP contribution in [-0.4, -0.2) is 11.1 Å². The highest BCUT2D eigenvalue weighted by Crippen LogP contribution is 2.21. The third kappa shape index (κ3) is 3.73. The van der Waals surface area contributed by atoms with Crippen LogP contribution in [0.2, 0.25) is 0 Å². The fraction of sp³-hybridized carbons (Fsp3) is 0.444. The van der Waals surface area contributed by atoms with Gasteiger partial charge in [0.1, 0.15) is 0 Å². The van der Waals surface area contributed by atoms with Gasteiger partial charge in [0.2, 0.25) is 0 Å². The Bertz CT molecular complexity index is 552. The van der Waals surface area contributed by atoms with Gasteiger partial charge in [-0.1, -0.05) is 32.1 Å². The molecule has 1 aromatic carbocycles. The summed E-state index contributed by atoms with van der Waals surface area (Å²) in [6, 6.07) is 8.85. The Morgan fingerprint density at radius 2 is 2.15 bits per heavy atom. The number of nitrogens with zero attached hydrogens (tertiary/aromatic N) is 1. The quantitative estimate of drug-likeness (QED) is 0.557. The van der Waals surface area contributed by atoms with Crippen LogP contribution in [0, 0.1) is 5.92 Å². The molecule has 0 saturated heterocycles. The fourth-order valence-electron chi connectivity index (χ4n) is 2.54. The summed E-state index contributed by atoms with van der Waals surface area (Å²) in [5.74, 6) is 0.692. The van der Waals surface area contributed by atoms with E-state index in [-0.39, 0.29) is 0 Å². The summed E-state index contributed by atoms with van der Waals surface area (Å²) in [6.07, 6.45) is 6.44. The van der Waals surface area contributed by atoms with Gasteiger partial charge in [0.15, 0.2) is 0 Å². The van der Waals surface area contributed by atoms with Gasteiger partial charge in [0.05, 0.1) is 0 Å². The predicted molar refractivity (Wildman–Crippen MR) is 87.9 cm³/mol. The van der Waals surface area contributed by atoms with Gasteiger partial charge in [-0.2, -0.15) is 0 Å². The maximum absolute atomic E-state index is 3.79. The van der Waals surface area contributed by atoms with Gasteiger partial charge in [-0.15, -0.1) is 6.58 Å². The standard InChI is InChI=1S/C18H26N2/c1-4-5-6-11-20-12-10-17-16(8-7-9-18(17)20)14-19-13-15(2)3/h4,7-10,12,15,19H,1,5-6,11,13-14H2,2-3H3. The van der Waals surface area contributed by atoms with Gasteiger partial charge in [-0.05, 0) is 43.0 Å². The first-order valence-electron chi connectivity index (χ1n) is 7.60. The molecule has 2 aromatic rings. The van der Waals surface area contributed by atoms with Crippen LogP contribution >= 0.6 is 0 Å². The van der Waals surface area contributed by atoms with E-state index in [1.807, 2.05) is 6.08 Å². The normalized spacial score (nSPS) is 11.3. The average molecular weight is 270 g/mol. The molecular formula is C18H26N2. The zero-order valence-electron chi connectivity index (χ0n) is 12.7. The van der Waals surface area contributed by atoms with Crippen LogP contribution < -0.4 is 5.32 Å². The molecule has 1 N–H and O–H groups in total. The molecule has 0 amide bonds. The SMILES string of the molecule is C=CCCCn1ccc2c(CNCC(C)C)cccc21. The first-order valence-corrected chi connectivity index (χ1v) is 7.60. The topological polar surface area (TPSA) is 17.0 Å². The second kappa shape index (κ2) is 7.30. The van der Waals surface area contributed by atoms with Crippen LogP contribution in [0.25, 0.3) is 10.9 Å². The molecule has 0 atom stereocenters. The Hall–Kier alpha value is -1.54. The second-order valence-electron chi connectivity index (χ2n) is 5.81. The van der Waals surface area contributed by atoms with E-state index in [9.17, 15) is 0 Å². The van der Waals surface area contributed by atoms with Crippen molar-refractivity contribution in [2.75, 3.05) is 6.54 Å². The van der Waals surface area contributed by atoms with Gasteiger partial charge >= 0.3 is 0 Å². The van der Waals surface area contributed by atoms with E-state index < -0.39 is 0 Å². The average Bonchev–Trinajstić information content (AvgIpc) is 2.83. The van der Waals surface area contributed by atoms with Crippen molar-refractivity contribution < 1.29 is 0 Å². The lowest BCUT2D eigenvalue weighted by Crippen LogP contribution is -2.19.